The Balaban J connectivity index is 1.71. The standard InChI is InChI=1S/C19H25N3O4/c1-13-15-6-5-7-21(15)8-9-22(13)12-18(23)20-14-10-16(24-2)19(26-4)17(11-14)25-3/h5-7,10-11,13H,8-9,12H2,1-4H3,(H,20,23)/t13-/m0/s1. The normalized spacial score (nSPS) is 16.7. The van der Waals surface area contributed by atoms with Crippen LogP contribution in [0, 0.1) is 0 Å². The first-order valence-electron chi connectivity index (χ1n) is 8.56. The number of methoxy groups -OCH3 is 3. The molecule has 2 heterocycles. The lowest BCUT2D eigenvalue weighted by Crippen LogP contribution is -2.41. The third-order valence-corrected chi connectivity index (χ3v) is 4.76. The number of carbonyl (C=O) groups excluding carboxylic acids is 1. The molecule has 1 N–H and O–H groups in total. The zero-order valence-electron chi connectivity index (χ0n) is 15.6. The minimum atomic E-state index is -0.0777. The van der Waals surface area contributed by atoms with Crippen molar-refractivity contribution in [2.45, 2.75) is 19.5 Å². The average Bonchev–Trinajstić information content (AvgIpc) is 3.12. The van der Waals surface area contributed by atoms with Crippen LogP contribution in [-0.4, -0.2) is 49.8 Å². The summed E-state index contributed by atoms with van der Waals surface area (Å²) >= 11 is 0. The van der Waals surface area contributed by atoms with E-state index in [4.69, 9.17) is 14.2 Å². The molecule has 1 aliphatic rings. The fourth-order valence-electron chi connectivity index (χ4n) is 3.38. The number of nitrogens with one attached hydrogen (secondary N) is 1. The highest BCUT2D eigenvalue weighted by molar-refractivity contribution is 5.93. The van der Waals surface area contributed by atoms with Gasteiger partial charge in [0.2, 0.25) is 11.7 Å². The van der Waals surface area contributed by atoms with Gasteiger partial charge < -0.3 is 24.1 Å². The van der Waals surface area contributed by atoms with Crippen molar-refractivity contribution in [2.24, 2.45) is 0 Å². The Labute approximate surface area is 153 Å². The topological polar surface area (TPSA) is 65.0 Å². The molecule has 0 spiro atoms. The van der Waals surface area contributed by atoms with E-state index in [-0.39, 0.29) is 11.9 Å². The van der Waals surface area contributed by atoms with Crippen molar-refractivity contribution in [3.8, 4) is 17.2 Å². The summed E-state index contributed by atoms with van der Waals surface area (Å²) in [6, 6.07) is 7.80. The smallest absolute Gasteiger partial charge is 0.238 e. The van der Waals surface area contributed by atoms with E-state index < -0.39 is 0 Å². The van der Waals surface area contributed by atoms with Crippen LogP contribution in [0.1, 0.15) is 18.7 Å². The summed E-state index contributed by atoms with van der Waals surface area (Å²) in [5.74, 6) is 1.43. The van der Waals surface area contributed by atoms with Gasteiger partial charge in [0, 0.05) is 48.8 Å². The molecule has 7 nitrogen and oxygen atoms in total. The van der Waals surface area contributed by atoms with E-state index in [0.29, 0.717) is 29.5 Å². The maximum absolute atomic E-state index is 12.6. The second kappa shape index (κ2) is 7.70. The molecule has 0 radical (unpaired) electrons. The summed E-state index contributed by atoms with van der Waals surface area (Å²) < 4.78 is 18.2. The lowest BCUT2D eigenvalue weighted by atomic mass is 10.1. The first kappa shape index (κ1) is 18.1. The van der Waals surface area contributed by atoms with Gasteiger partial charge >= 0.3 is 0 Å². The largest absolute Gasteiger partial charge is 0.493 e. The van der Waals surface area contributed by atoms with E-state index in [0.717, 1.165) is 13.1 Å². The first-order chi connectivity index (χ1) is 12.6. The van der Waals surface area contributed by atoms with Crippen LogP contribution in [0.5, 0.6) is 17.2 Å². The van der Waals surface area contributed by atoms with Gasteiger partial charge in [-0.2, -0.15) is 0 Å². The predicted molar refractivity (Wildman–Crippen MR) is 99.1 cm³/mol. The van der Waals surface area contributed by atoms with Gasteiger partial charge in [-0.25, -0.2) is 0 Å². The average molecular weight is 359 g/mol. The number of hydrogen-bond donors (Lipinski definition) is 1. The highest BCUT2D eigenvalue weighted by Gasteiger charge is 2.25. The molecule has 1 amide bonds. The summed E-state index contributed by atoms with van der Waals surface area (Å²) in [5, 5.41) is 2.93. The zero-order valence-corrected chi connectivity index (χ0v) is 15.6. The van der Waals surface area contributed by atoms with Gasteiger partial charge in [-0.1, -0.05) is 0 Å². The van der Waals surface area contributed by atoms with Crippen molar-refractivity contribution in [1.29, 1.82) is 0 Å². The minimum absolute atomic E-state index is 0.0777. The maximum Gasteiger partial charge on any atom is 0.238 e. The Hall–Kier alpha value is -2.67. The van der Waals surface area contributed by atoms with Gasteiger partial charge in [-0.15, -0.1) is 0 Å². The van der Waals surface area contributed by atoms with E-state index in [1.165, 1.54) is 5.69 Å². The van der Waals surface area contributed by atoms with Crippen LogP contribution in [-0.2, 0) is 11.3 Å². The number of anilines is 1. The van der Waals surface area contributed by atoms with E-state index in [1.54, 1.807) is 33.5 Å². The summed E-state index contributed by atoms with van der Waals surface area (Å²) in [4.78, 5) is 14.7. The Morgan fingerprint density at radius 2 is 1.85 bits per heavy atom. The zero-order chi connectivity index (χ0) is 18.7. The molecule has 2 aromatic rings. The van der Waals surface area contributed by atoms with Crippen molar-refractivity contribution in [3.63, 3.8) is 0 Å². The molecule has 0 fully saturated rings. The molecular formula is C19H25N3O4. The van der Waals surface area contributed by atoms with Crippen molar-refractivity contribution in [2.75, 3.05) is 39.7 Å². The number of fused-ring (bicyclic) bond motifs is 1. The van der Waals surface area contributed by atoms with E-state index >= 15 is 0 Å². The Bertz CT molecular complexity index is 762. The monoisotopic (exact) mass is 359 g/mol. The number of carbonyl (C=O) groups is 1. The van der Waals surface area contributed by atoms with Crippen molar-refractivity contribution >= 4 is 11.6 Å². The SMILES string of the molecule is COc1cc(NC(=O)CN2CCn3cccc3[C@@H]2C)cc(OC)c1OC. The maximum atomic E-state index is 12.6. The number of amides is 1. The van der Waals surface area contributed by atoms with Gasteiger partial charge in [0.1, 0.15) is 0 Å². The second-order valence-corrected chi connectivity index (χ2v) is 6.24. The molecule has 0 saturated heterocycles. The molecule has 7 heteroatoms. The third kappa shape index (κ3) is 3.48. The second-order valence-electron chi connectivity index (χ2n) is 6.24. The van der Waals surface area contributed by atoms with Crippen LogP contribution < -0.4 is 19.5 Å². The number of hydrogen-bond acceptors (Lipinski definition) is 5. The van der Waals surface area contributed by atoms with Crippen LogP contribution >= 0.6 is 0 Å². The minimum Gasteiger partial charge on any atom is -0.493 e. The quantitative estimate of drug-likeness (QED) is 0.859. The number of rotatable bonds is 6. The molecular weight excluding hydrogens is 334 g/mol. The van der Waals surface area contributed by atoms with E-state index in [9.17, 15) is 4.79 Å². The molecule has 0 bridgehead atoms. The molecule has 0 saturated carbocycles. The molecule has 26 heavy (non-hydrogen) atoms. The molecule has 1 aliphatic heterocycles. The molecule has 1 atom stereocenters. The van der Waals surface area contributed by atoms with Crippen LogP contribution in [0.25, 0.3) is 0 Å². The molecule has 0 unspecified atom stereocenters. The summed E-state index contributed by atoms with van der Waals surface area (Å²) in [7, 11) is 4.65. The predicted octanol–water partition coefficient (Wildman–Crippen LogP) is 2.53. The molecule has 1 aromatic heterocycles. The lowest BCUT2D eigenvalue weighted by Gasteiger charge is -2.34. The Morgan fingerprint density at radius 3 is 2.46 bits per heavy atom. The Morgan fingerprint density at radius 1 is 1.15 bits per heavy atom. The highest BCUT2D eigenvalue weighted by atomic mass is 16.5. The van der Waals surface area contributed by atoms with Crippen LogP contribution in [0.4, 0.5) is 5.69 Å². The van der Waals surface area contributed by atoms with Crippen molar-refractivity contribution in [3.05, 3.63) is 36.2 Å². The number of aromatic nitrogens is 1. The number of nitrogens with zero attached hydrogens (tertiary/aromatic N) is 2. The molecule has 1 aromatic carbocycles. The van der Waals surface area contributed by atoms with Gasteiger partial charge in [0.25, 0.3) is 0 Å². The highest BCUT2D eigenvalue weighted by Crippen LogP contribution is 2.40. The summed E-state index contributed by atoms with van der Waals surface area (Å²) in [6.45, 7) is 4.18. The first-order valence-corrected chi connectivity index (χ1v) is 8.56. The molecule has 140 valence electrons. The van der Waals surface area contributed by atoms with Gasteiger partial charge in [-0.05, 0) is 19.1 Å². The third-order valence-electron chi connectivity index (χ3n) is 4.76. The van der Waals surface area contributed by atoms with Crippen LogP contribution in [0.15, 0.2) is 30.5 Å². The summed E-state index contributed by atoms with van der Waals surface area (Å²) in [6.07, 6.45) is 2.08. The van der Waals surface area contributed by atoms with Crippen molar-refractivity contribution < 1.29 is 19.0 Å². The van der Waals surface area contributed by atoms with Gasteiger partial charge in [0.05, 0.1) is 27.9 Å². The van der Waals surface area contributed by atoms with Crippen molar-refractivity contribution in [1.82, 2.24) is 9.47 Å². The Kier molecular flexibility index (Phi) is 5.37. The van der Waals surface area contributed by atoms with Gasteiger partial charge in [0.15, 0.2) is 11.5 Å². The fourth-order valence-corrected chi connectivity index (χ4v) is 3.38. The summed E-state index contributed by atoms with van der Waals surface area (Å²) in [5.41, 5.74) is 1.84. The fraction of sp³-hybridized carbons (Fsp3) is 0.421. The van der Waals surface area contributed by atoms with E-state index in [1.807, 2.05) is 6.07 Å². The van der Waals surface area contributed by atoms with Gasteiger partial charge in [-0.3, -0.25) is 9.69 Å². The number of ether oxygens (including phenoxy) is 3. The molecule has 0 aliphatic carbocycles. The van der Waals surface area contributed by atoms with Crippen LogP contribution in [0.2, 0.25) is 0 Å². The number of benzene rings is 1. The van der Waals surface area contributed by atoms with Crippen LogP contribution in [0.3, 0.4) is 0 Å². The molecule has 3 rings (SSSR count). The lowest BCUT2D eigenvalue weighted by molar-refractivity contribution is -0.118. The van der Waals surface area contributed by atoms with E-state index in [2.05, 4.69) is 34.0 Å².